The van der Waals surface area contributed by atoms with Crippen molar-refractivity contribution < 1.29 is 17.9 Å². The Hall–Kier alpha value is -2.91. The second-order valence-electron chi connectivity index (χ2n) is 6.44. The molecule has 0 radical (unpaired) electrons. The molecule has 2 heterocycles. The van der Waals surface area contributed by atoms with Gasteiger partial charge in [0.15, 0.2) is 11.7 Å². The van der Waals surface area contributed by atoms with E-state index in [1.54, 1.807) is 23.6 Å². The van der Waals surface area contributed by atoms with Gasteiger partial charge in [0, 0.05) is 10.9 Å². The number of anilines is 2. The first-order chi connectivity index (χ1) is 13.4. The maximum absolute atomic E-state index is 12.4. The Morgan fingerprint density at radius 3 is 2.93 bits per heavy atom. The summed E-state index contributed by atoms with van der Waals surface area (Å²) in [6.45, 7) is 1.92. The number of aromatic nitrogens is 1. The van der Waals surface area contributed by atoms with Gasteiger partial charge in [0.25, 0.3) is 5.91 Å². The van der Waals surface area contributed by atoms with Crippen molar-refractivity contribution in [3.63, 3.8) is 0 Å². The number of hydrogen-bond donors (Lipinski definition) is 2. The lowest BCUT2D eigenvalue weighted by Crippen LogP contribution is -2.25. The Kier molecular flexibility index (Phi) is 4.78. The molecular formula is C19H17N3O4S2. The molecule has 2 N–H and O–H groups in total. The van der Waals surface area contributed by atoms with Crippen LogP contribution >= 0.6 is 11.3 Å². The summed E-state index contributed by atoms with van der Waals surface area (Å²) >= 11 is 1.20. The lowest BCUT2D eigenvalue weighted by atomic mass is 10.1. The van der Waals surface area contributed by atoms with E-state index in [1.165, 1.54) is 11.3 Å². The quantitative estimate of drug-likeness (QED) is 0.666. The minimum Gasteiger partial charge on any atom is -0.482 e. The third-order valence-electron chi connectivity index (χ3n) is 4.09. The van der Waals surface area contributed by atoms with E-state index in [0.29, 0.717) is 22.3 Å². The van der Waals surface area contributed by atoms with Gasteiger partial charge < -0.3 is 10.1 Å². The Labute approximate surface area is 166 Å². The van der Waals surface area contributed by atoms with Crippen molar-refractivity contribution in [2.24, 2.45) is 0 Å². The Bertz CT molecular complexity index is 1160. The second-order valence-corrected chi connectivity index (χ2v) is 9.02. The van der Waals surface area contributed by atoms with Gasteiger partial charge >= 0.3 is 0 Å². The average molecular weight is 415 g/mol. The fourth-order valence-corrected chi connectivity index (χ4v) is 5.02. The minimum atomic E-state index is -3.57. The molecule has 0 aliphatic carbocycles. The zero-order valence-corrected chi connectivity index (χ0v) is 16.6. The van der Waals surface area contributed by atoms with Gasteiger partial charge in [0.1, 0.15) is 5.75 Å². The highest BCUT2D eigenvalue weighted by molar-refractivity contribution is 7.92. The number of hydrogen-bond acceptors (Lipinski definition) is 6. The van der Waals surface area contributed by atoms with Gasteiger partial charge in [-0.15, -0.1) is 11.3 Å². The molecule has 0 saturated carbocycles. The van der Waals surface area contributed by atoms with E-state index < -0.39 is 10.0 Å². The Morgan fingerprint density at radius 2 is 2.11 bits per heavy atom. The summed E-state index contributed by atoms with van der Waals surface area (Å²) in [6, 6.07) is 12.7. The molecule has 3 aromatic rings. The van der Waals surface area contributed by atoms with Gasteiger partial charge in [0.2, 0.25) is 10.0 Å². The molecule has 1 aliphatic rings. The molecule has 0 unspecified atom stereocenters. The van der Waals surface area contributed by atoms with Crippen LogP contribution in [0.4, 0.5) is 10.8 Å². The van der Waals surface area contributed by atoms with E-state index in [0.717, 1.165) is 16.7 Å². The van der Waals surface area contributed by atoms with Gasteiger partial charge in [-0.05, 0) is 30.7 Å². The number of amides is 1. The largest absolute Gasteiger partial charge is 0.482 e. The summed E-state index contributed by atoms with van der Waals surface area (Å²) in [4.78, 5) is 15.8. The monoisotopic (exact) mass is 415 g/mol. The lowest BCUT2D eigenvalue weighted by Gasteiger charge is -2.18. The zero-order chi connectivity index (χ0) is 19.7. The SMILES string of the molecule is Cc1cccc(CS(=O)(=O)Nc2nc(-c3ccc4c(c3)NC(=O)CO4)cs2)c1. The maximum Gasteiger partial charge on any atom is 0.262 e. The second kappa shape index (κ2) is 7.25. The van der Waals surface area contributed by atoms with Crippen LogP contribution in [0, 0.1) is 6.92 Å². The number of carbonyl (C=O) groups is 1. The van der Waals surface area contributed by atoms with Crippen molar-refractivity contribution >= 4 is 38.1 Å². The number of carbonyl (C=O) groups excluding carboxylic acids is 1. The minimum absolute atomic E-state index is 0.00405. The van der Waals surface area contributed by atoms with E-state index in [2.05, 4.69) is 15.0 Å². The van der Waals surface area contributed by atoms with E-state index in [9.17, 15) is 13.2 Å². The van der Waals surface area contributed by atoms with Crippen molar-refractivity contribution in [2.45, 2.75) is 12.7 Å². The number of thiazole rings is 1. The molecule has 4 rings (SSSR count). The summed E-state index contributed by atoms with van der Waals surface area (Å²) in [5.74, 6) is 0.261. The summed E-state index contributed by atoms with van der Waals surface area (Å²) < 4.78 is 32.8. The van der Waals surface area contributed by atoms with Crippen LogP contribution in [0.1, 0.15) is 11.1 Å². The van der Waals surface area contributed by atoms with Crippen LogP contribution in [0.3, 0.4) is 0 Å². The van der Waals surface area contributed by atoms with Gasteiger partial charge in [-0.25, -0.2) is 13.4 Å². The standard InChI is InChI=1S/C19H17N3O4S2/c1-12-3-2-4-13(7-12)11-28(24,25)22-19-21-16(10-27-19)14-5-6-17-15(8-14)20-18(23)9-26-17/h2-8,10H,9,11H2,1H3,(H,20,23)(H,21,22). The number of fused-ring (bicyclic) bond motifs is 1. The van der Waals surface area contributed by atoms with E-state index >= 15 is 0 Å². The molecule has 1 aliphatic heterocycles. The highest BCUT2D eigenvalue weighted by atomic mass is 32.2. The molecule has 1 aromatic heterocycles. The number of nitrogens with one attached hydrogen (secondary N) is 2. The van der Waals surface area contributed by atoms with Gasteiger partial charge in [-0.3, -0.25) is 9.52 Å². The summed E-state index contributed by atoms with van der Waals surface area (Å²) in [6.07, 6.45) is 0. The highest BCUT2D eigenvalue weighted by Gasteiger charge is 2.18. The maximum atomic E-state index is 12.4. The first kappa shape index (κ1) is 18.5. The number of sulfonamides is 1. The predicted octanol–water partition coefficient (Wildman–Crippen LogP) is 3.39. The smallest absolute Gasteiger partial charge is 0.262 e. The van der Waals surface area contributed by atoms with Gasteiger partial charge in [-0.2, -0.15) is 0 Å². The van der Waals surface area contributed by atoms with Crippen molar-refractivity contribution in [1.29, 1.82) is 0 Å². The van der Waals surface area contributed by atoms with Crippen LogP contribution in [0.2, 0.25) is 0 Å². The number of nitrogens with zero attached hydrogens (tertiary/aromatic N) is 1. The molecule has 28 heavy (non-hydrogen) atoms. The predicted molar refractivity (Wildman–Crippen MR) is 109 cm³/mol. The molecule has 0 saturated heterocycles. The normalized spacial score (nSPS) is 13.4. The number of benzene rings is 2. The third-order valence-corrected chi connectivity index (χ3v) is 6.20. The molecule has 144 valence electrons. The molecule has 0 atom stereocenters. The van der Waals surface area contributed by atoms with Crippen molar-refractivity contribution in [2.75, 3.05) is 16.6 Å². The van der Waals surface area contributed by atoms with Crippen LogP contribution in [0.25, 0.3) is 11.3 Å². The topological polar surface area (TPSA) is 97.4 Å². The van der Waals surface area contributed by atoms with Crippen LogP contribution in [-0.2, 0) is 20.6 Å². The molecule has 2 aromatic carbocycles. The van der Waals surface area contributed by atoms with Crippen molar-refractivity contribution in [3.05, 3.63) is 59.0 Å². The number of ether oxygens (including phenoxy) is 1. The zero-order valence-electron chi connectivity index (χ0n) is 14.9. The van der Waals surface area contributed by atoms with Crippen molar-refractivity contribution in [1.82, 2.24) is 4.98 Å². The van der Waals surface area contributed by atoms with Crippen LogP contribution in [0.15, 0.2) is 47.8 Å². The van der Waals surface area contributed by atoms with Crippen LogP contribution < -0.4 is 14.8 Å². The molecule has 9 heteroatoms. The first-order valence-corrected chi connectivity index (χ1v) is 11.0. The number of rotatable bonds is 5. The van der Waals surface area contributed by atoms with E-state index in [1.807, 2.05) is 31.2 Å². The highest BCUT2D eigenvalue weighted by Crippen LogP contribution is 2.34. The molecule has 0 fully saturated rings. The summed E-state index contributed by atoms with van der Waals surface area (Å²) in [7, 11) is -3.57. The molecular weight excluding hydrogens is 398 g/mol. The third kappa shape index (κ3) is 4.15. The Balaban J connectivity index is 1.51. The molecule has 0 bridgehead atoms. The van der Waals surface area contributed by atoms with Gasteiger partial charge in [0.05, 0.1) is 17.1 Å². The van der Waals surface area contributed by atoms with Crippen LogP contribution in [0.5, 0.6) is 5.75 Å². The summed E-state index contributed by atoms with van der Waals surface area (Å²) in [5, 5.41) is 4.80. The fourth-order valence-electron chi connectivity index (χ4n) is 2.89. The van der Waals surface area contributed by atoms with E-state index in [4.69, 9.17) is 4.74 Å². The van der Waals surface area contributed by atoms with Crippen molar-refractivity contribution in [3.8, 4) is 17.0 Å². The lowest BCUT2D eigenvalue weighted by molar-refractivity contribution is -0.118. The van der Waals surface area contributed by atoms with Gasteiger partial charge in [-0.1, -0.05) is 29.8 Å². The molecule has 0 spiro atoms. The molecule has 1 amide bonds. The Morgan fingerprint density at radius 1 is 1.25 bits per heavy atom. The first-order valence-electron chi connectivity index (χ1n) is 8.47. The molecule has 7 nitrogen and oxygen atoms in total. The average Bonchev–Trinajstić information content (AvgIpc) is 3.08. The fraction of sp³-hybridized carbons (Fsp3) is 0.158. The van der Waals surface area contributed by atoms with Crippen LogP contribution in [-0.4, -0.2) is 25.9 Å². The van der Waals surface area contributed by atoms with E-state index in [-0.39, 0.29) is 18.3 Å². The summed E-state index contributed by atoms with van der Waals surface area (Å²) in [5.41, 5.74) is 3.66. The number of aryl methyl sites for hydroxylation is 1.